The lowest BCUT2D eigenvalue weighted by Crippen LogP contribution is -2.20. The van der Waals surface area contributed by atoms with Gasteiger partial charge in [-0.05, 0) is 36.0 Å². The minimum absolute atomic E-state index is 0.739. The summed E-state index contributed by atoms with van der Waals surface area (Å²) in [5.41, 5.74) is 5.34. The molecule has 0 fully saturated rings. The van der Waals surface area contributed by atoms with Crippen LogP contribution in [0.2, 0.25) is 0 Å². The van der Waals surface area contributed by atoms with E-state index in [0.29, 0.717) is 0 Å². The number of hydrogen-bond donors (Lipinski definition) is 0. The van der Waals surface area contributed by atoms with Crippen LogP contribution in [0, 0.1) is 5.92 Å². The second kappa shape index (κ2) is 7.31. The van der Waals surface area contributed by atoms with Gasteiger partial charge in [0.15, 0.2) is 0 Å². The molecule has 0 spiro atoms. The normalized spacial score (nSPS) is 10.9. The van der Waals surface area contributed by atoms with E-state index in [2.05, 4.69) is 81.2 Å². The average molecular weight is 281 g/mol. The molecular weight excluding hydrogens is 254 g/mol. The lowest BCUT2D eigenvalue weighted by molar-refractivity contribution is 0.585. The van der Waals surface area contributed by atoms with Crippen molar-refractivity contribution in [3.63, 3.8) is 0 Å². The molecule has 1 heteroatoms. The minimum Gasteiger partial charge on any atom is -0.374 e. The highest BCUT2D eigenvalue weighted by Gasteiger charge is 2.09. The zero-order valence-corrected chi connectivity index (χ0v) is 13.8. The van der Waals surface area contributed by atoms with Crippen LogP contribution in [0.15, 0.2) is 48.5 Å². The molecule has 0 saturated carbocycles. The van der Waals surface area contributed by atoms with Crippen LogP contribution in [0.3, 0.4) is 0 Å². The van der Waals surface area contributed by atoms with Crippen LogP contribution < -0.4 is 4.90 Å². The Morgan fingerprint density at radius 3 is 2.24 bits per heavy atom. The van der Waals surface area contributed by atoms with Gasteiger partial charge in [0.1, 0.15) is 0 Å². The molecule has 0 saturated heterocycles. The van der Waals surface area contributed by atoms with Gasteiger partial charge in [-0.15, -0.1) is 0 Å². The predicted molar refractivity (Wildman–Crippen MR) is 94.0 cm³/mol. The Morgan fingerprint density at radius 2 is 1.62 bits per heavy atom. The Balaban J connectivity index is 2.26. The summed E-state index contributed by atoms with van der Waals surface area (Å²) in [5, 5.41) is 0. The first-order valence-electron chi connectivity index (χ1n) is 8.01. The predicted octanol–water partition coefficient (Wildman–Crippen LogP) is 5.40. The Bertz CT molecular complexity index is 554. The fourth-order valence-electron chi connectivity index (χ4n) is 2.54. The highest BCUT2D eigenvalue weighted by Crippen LogP contribution is 2.30. The summed E-state index contributed by atoms with van der Waals surface area (Å²) in [6, 6.07) is 17.7. The molecule has 0 N–H and O–H groups in total. The smallest absolute Gasteiger partial charge is 0.0443 e. The molecule has 0 aliphatic rings. The van der Waals surface area contributed by atoms with E-state index in [1.54, 1.807) is 0 Å². The third-order valence-corrected chi connectivity index (χ3v) is 4.03. The number of benzene rings is 2. The first kappa shape index (κ1) is 15.6. The molecule has 0 aliphatic carbocycles. The van der Waals surface area contributed by atoms with Gasteiger partial charge in [-0.25, -0.2) is 0 Å². The molecule has 2 aromatic carbocycles. The van der Waals surface area contributed by atoms with Crippen LogP contribution in [-0.2, 0) is 6.42 Å². The third-order valence-electron chi connectivity index (χ3n) is 4.03. The lowest BCUT2D eigenvalue weighted by atomic mass is 10.0. The molecule has 0 bridgehead atoms. The van der Waals surface area contributed by atoms with Crippen molar-refractivity contribution in [3.8, 4) is 11.1 Å². The first-order chi connectivity index (χ1) is 10.1. The van der Waals surface area contributed by atoms with Crippen LogP contribution >= 0.6 is 0 Å². The van der Waals surface area contributed by atoms with Gasteiger partial charge in [-0.3, -0.25) is 0 Å². The van der Waals surface area contributed by atoms with Crippen LogP contribution in [0.4, 0.5) is 5.69 Å². The summed E-state index contributed by atoms with van der Waals surface area (Å²) in [6.07, 6.45) is 2.32. The van der Waals surface area contributed by atoms with Gasteiger partial charge in [0.05, 0.1) is 0 Å². The fourth-order valence-corrected chi connectivity index (χ4v) is 2.54. The van der Waals surface area contributed by atoms with Crippen molar-refractivity contribution < 1.29 is 0 Å². The van der Waals surface area contributed by atoms with E-state index in [-0.39, 0.29) is 0 Å². The molecule has 21 heavy (non-hydrogen) atoms. The summed E-state index contributed by atoms with van der Waals surface area (Å²) < 4.78 is 0. The van der Waals surface area contributed by atoms with Crippen LogP contribution in [-0.4, -0.2) is 13.6 Å². The molecule has 0 aliphatic heterocycles. The van der Waals surface area contributed by atoms with E-state index in [1.807, 2.05) is 0 Å². The average Bonchev–Trinajstić information content (AvgIpc) is 2.52. The largest absolute Gasteiger partial charge is 0.374 e. The molecule has 2 aromatic rings. The van der Waals surface area contributed by atoms with Crippen molar-refractivity contribution in [1.82, 2.24) is 0 Å². The van der Waals surface area contributed by atoms with E-state index in [9.17, 15) is 0 Å². The number of nitrogens with zero attached hydrogens (tertiary/aromatic N) is 1. The first-order valence-corrected chi connectivity index (χ1v) is 8.01. The van der Waals surface area contributed by atoms with Crippen molar-refractivity contribution in [1.29, 1.82) is 0 Å². The Labute approximate surface area is 129 Å². The number of para-hydroxylation sites is 1. The SMILES string of the molecule is CCc1ccc(-c2ccccc2N(C)CCC(C)C)cc1. The van der Waals surface area contributed by atoms with Crippen molar-refractivity contribution in [2.75, 3.05) is 18.5 Å². The van der Waals surface area contributed by atoms with E-state index in [1.165, 1.54) is 28.8 Å². The summed E-state index contributed by atoms with van der Waals surface area (Å²) in [4.78, 5) is 2.38. The Morgan fingerprint density at radius 1 is 0.952 bits per heavy atom. The van der Waals surface area contributed by atoms with Crippen LogP contribution in [0.5, 0.6) is 0 Å². The number of anilines is 1. The maximum atomic E-state index is 2.38. The lowest BCUT2D eigenvalue weighted by Gasteiger charge is -2.23. The van der Waals surface area contributed by atoms with E-state index in [4.69, 9.17) is 0 Å². The topological polar surface area (TPSA) is 3.24 Å². The number of aryl methyl sites for hydroxylation is 1. The van der Waals surface area contributed by atoms with Gasteiger partial charge >= 0.3 is 0 Å². The molecule has 0 heterocycles. The van der Waals surface area contributed by atoms with Gasteiger partial charge in [0, 0.05) is 24.8 Å². The number of rotatable bonds is 6. The molecule has 1 nitrogen and oxygen atoms in total. The molecular formula is C20H27N. The molecule has 0 atom stereocenters. The Kier molecular flexibility index (Phi) is 5.44. The Hall–Kier alpha value is -1.76. The summed E-state index contributed by atoms with van der Waals surface area (Å²) in [6.45, 7) is 7.86. The van der Waals surface area contributed by atoms with E-state index < -0.39 is 0 Å². The van der Waals surface area contributed by atoms with E-state index >= 15 is 0 Å². The molecule has 0 radical (unpaired) electrons. The maximum absolute atomic E-state index is 2.38. The molecule has 112 valence electrons. The third kappa shape index (κ3) is 4.10. The second-order valence-corrected chi connectivity index (χ2v) is 6.17. The summed E-state index contributed by atoms with van der Waals surface area (Å²) >= 11 is 0. The monoisotopic (exact) mass is 281 g/mol. The van der Waals surface area contributed by atoms with Gasteiger partial charge in [0.25, 0.3) is 0 Å². The van der Waals surface area contributed by atoms with Crippen LogP contribution in [0.25, 0.3) is 11.1 Å². The molecule has 2 rings (SSSR count). The van der Waals surface area contributed by atoms with E-state index in [0.717, 1.165) is 18.9 Å². The minimum atomic E-state index is 0.739. The van der Waals surface area contributed by atoms with Gasteiger partial charge in [-0.1, -0.05) is 63.2 Å². The quantitative estimate of drug-likeness (QED) is 0.685. The zero-order valence-electron chi connectivity index (χ0n) is 13.8. The van der Waals surface area contributed by atoms with Gasteiger partial charge < -0.3 is 4.90 Å². The van der Waals surface area contributed by atoms with Crippen molar-refractivity contribution in [2.24, 2.45) is 5.92 Å². The highest BCUT2D eigenvalue weighted by atomic mass is 15.1. The maximum Gasteiger partial charge on any atom is 0.0443 e. The second-order valence-electron chi connectivity index (χ2n) is 6.17. The highest BCUT2D eigenvalue weighted by molar-refractivity contribution is 5.78. The van der Waals surface area contributed by atoms with Gasteiger partial charge in [0.2, 0.25) is 0 Å². The zero-order chi connectivity index (χ0) is 15.2. The molecule has 0 amide bonds. The molecule has 0 unspecified atom stereocenters. The van der Waals surface area contributed by atoms with Crippen molar-refractivity contribution >= 4 is 5.69 Å². The standard InChI is InChI=1S/C20H27N/c1-5-17-10-12-18(13-11-17)19-8-6-7-9-20(19)21(4)15-14-16(2)3/h6-13,16H,5,14-15H2,1-4H3. The summed E-state index contributed by atoms with van der Waals surface area (Å²) in [7, 11) is 2.20. The molecule has 0 aromatic heterocycles. The van der Waals surface area contributed by atoms with Crippen molar-refractivity contribution in [2.45, 2.75) is 33.6 Å². The van der Waals surface area contributed by atoms with Crippen molar-refractivity contribution in [3.05, 3.63) is 54.1 Å². The fraction of sp³-hybridized carbons (Fsp3) is 0.400. The summed E-state index contributed by atoms with van der Waals surface area (Å²) in [5.74, 6) is 0.739. The van der Waals surface area contributed by atoms with Gasteiger partial charge in [-0.2, -0.15) is 0 Å². The van der Waals surface area contributed by atoms with Crippen LogP contribution in [0.1, 0.15) is 32.8 Å². The number of hydrogen-bond acceptors (Lipinski definition) is 1.